The van der Waals surface area contributed by atoms with E-state index in [1.165, 1.54) is 0 Å². The molecule has 92 valence electrons. The molecule has 0 N–H and O–H groups in total. The van der Waals surface area contributed by atoms with E-state index in [4.69, 9.17) is 0 Å². The number of halogens is 2. The maximum absolute atomic E-state index is 12.2. The highest BCUT2D eigenvalue weighted by molar-refractivity contribution is 9.10. The van der Waals surface area contributed by atoms with Gasteiger partial charge in [0.25, 0.3) is 0 Å². The van der Waals surface area contributed by atoms with Crippen molar-refractivity contribution in [1.29, 1.82) is 0 Å². The lowest BCUT2D eigenvalue weighted by atomic mass is 10.2. The SMILES string of the molecule is O=[P+](Cc1ccccc1Br)Cc1ccccc1Br. The predicted octanol–water partition coefficient (Wildman–Crippen LogP) is 5.74. The Labute approximate surface area is 125 Å². The normalized spacial score (nSPS) is 10.3. The molecule has 0 saturated carbocycles. The second kappa shape index (κ2) is 6.60. The molecular formula is C14H12Br2OP+. The van der Waals surface area contributed by atoms with Crippen LogP contribution in [0.2, 0.25) is 0 Å². The van der Waals surface area contributed by atoms with Crippen molar-refractivity contribution in [1.82, 2.24) is 0 Å². The van der Waals surface area contributed by atoms with Crippen LogP contribution in [0.15, 0.2) is 57.5 Å². The van der Waals surface area contributed by atoms with E-state index in [1.807, 2.05) is 48.5 Å². The number of hydrogen-bond acceptors (Lipinski definition) is 1. The van der Waals surface area contributed by atoms with Crippen molar-refractivity contribution in [3.63, 3.8) is 0 Å². The summed E-state index contributed by atoms with van der Waals surface area (Å²) in [7, 11) is -1.28. The molecule has 2 rings (SSSR count). The van der Waals surface area contributed by atoms with Gasteiger partial charge in [-0.3, -0.25) is 0 Å². The fourth-order valence-electron chi connectivity index (χ4n) is 1.69. The van der Waals surface area contributed by atoms with E-state index >= 15 is 0 Å². The second-order valence-corrected chi connectivity index (χ2v) is 7.29. The van der Waals surface area contributed by atoms with Gasteiger partial charge in [0.1, 0.15) is 0 Å². The molecular weight excluding hydrogens is 375 g/mol. The molecule has 0 unspecified atom stereocenters. The smallest absolute Gasteiger partial charge is 0.0740 e. The van der Waals surface area contributed by atoms with Gasteiger partial charge in [-0.25, -0.2) is 0 Å². The first-order valence-corrected chi connectivity index (χ1v) is 8.77. The van der Waals surface area contributed by atoms with Crippen LogP contribution in [0.5, 0.6) is 0 Å². The molecule has 0 aromatic heterocycles. The van der Waals surface area contributed by atoms with E-state index in [0.717, 1.165) is 20.1 Å². The quantitative estimate of drug-likeness (QED) is 0.612. The first-order valence-electron chi connectivity index (χ1n) is 5.55. The zero-order chi connectivity index (χ0) is 13.0. The molecule has 0 atom stereocenters. The molecule has 0 aliphatic carbocycles. The van der Waals surface area contributed by atoms with Gasteiger partial charge in [0.15, 0.2) is 12.3 Å². The highest BCUT2D eigenvalue weighted by Gasteiger charge is 2.19. The highest BCUT2D eigenvalue weighted by Crippen LogP contribution is 2.35. The van der Waals surface area contributed by atoms with E-state index in [1.54, 1.807) is 0 Å². The highest BCUT2D eigenvalue weighted by atomic mass is 79.9. The maximum Gasteiger partial charge on any atom is 0.348 e. The average molecular weight is 387 g/mol. The molecule has 4 heteroatoms. The summed E-state index contributed by atoms with van der Waals surface area (Å²) < 4.78 is 14.2. The van der Waals surface area contributed by atoms with Gasteiger partial charge in [0.2, 0.25) is 0 Å². The molecule has 0 aliphatic rings. The fraction of sp³-hybridized carbons (Fsp3) is 0.143. The Morgan fingerprint density at radius 1 is 0.778 bits per heavy atom. The average Bonchev–Trinajstić information content (AvgIpc) is 2.35. The summed E-state index contributed by atoms with van der Waals surface area (Å²) in [6.07, 6.45) is 1.22. The molecule has 0 aliphatic heterocycles. The number of hydrogen-bond donors (Lipinski definition) is 0. The molecule has 2 aromatic carbocycles. The summed E-state index contributed by atoms with van der Waals surface area (Å²) in [6.45, 7) is 0. The van der Waals surface area contributed by atoms with Crippen molar-refractivity contribution in [2.24, 2.45) is 0 Å². The predicted molar refractivity (Wildman–Crippen MR) is 83.3 cm³/mol. The van der Waals surface area contributed by atoms with E-state index in [9.17, 15) is 4.57 Å². The zero-order valence-electron chi connectivity index (χ0n) is 9.64. The van der Waals surface area contributed by atoms with Crippen molar-refractivity contribution in [3.05, 3.63) is 68.6 Å². The Morgan fingerprint density at radius 3 is 1.56 bits per heavy atom. The van der Waals surface area contributed by atoms with Gasteiger partial charge in [-0.2, -0.15) is 0 Å². The van der Waals surface area contributed by atoms with Crippen LogP contribution >= 0.6 is 39.7 Å². The molecule has 0 bridgehead atoms. The van der Waals surface area contributed by atoms with Crippen molar-refractivity contribution in [3.8, 4) is 0 Å². The van der Waals surface area contributed by atoms with Crippen molar-refractivity contribution < 1.29 is 4.57 Å². The molecule has 0 saturated heterocycles. The first kappa shape index (κ1) is 13.9. The maximum atomic E-state index is 12.2. The van der Waals surface area contributed by atoms with Crippen LogP contribution in [0.25, 0.3) is 0 Å². The summed E-state index contributed by atoms with van der Waals surface area (Å²) >= 11 is 6.97. The Hall–Kier alpha value is -0.500. The van der Waals surface area contributed by atoms with Gasteiger partial charge in [-0.15, -0.1) is 0 Å². The summed E-state index contributed by atoms with van der Waals surface area (Å²) in [5.74, 6) is 0. The molecule has 1 nitrogen and oxygen atoms in total. The van der Waals surface area contributed by atoms with Gasteiger partial charge in [0, 0.05) is 20.1 Å². The topological polar surface area (TPSA) is 17.1 Å². The summed E-state index contributed by atoms with van der Waals surface area (Å²) in [4.78, 5) is 0. The second-order valence-electron chi connectivity index (χ2n) is 3.98. The fourth-order valence-corrected chi connectivity index (χ4v) is 4.40. The van der Waals surface area contributed by atoms with Crippen LogP contribution in [-0.2, 0) is 16.9 Å². The summed E-state index contributed by atoms with van der Waals surface area (Å²) in [6, 6.07) is 15.9. The monoisotopic (exact) mass is 385 g/mol. The minimum Gasteiger partial charge on any atom is -0.0740 e. The van der Waals surface area contributed by atoms with Gasteiger partial charge in [0.05, 0.1) is 0 Å². The molecule has 2 aromatic rings. The Bertz CT molecular complexity index is 520. The lowest BCUT2D eigenvalue weighted by molar-refractivity contribution is 0.586. The van der Waals surface area contributed by atoms with Crippen LogP contribution in [0.1, 0.15) is 11.1 Å². The lowest BCUT2D eigenvalue weighted by Crippen LogP contribution is -1.86. The standard InChI is InChI=1S/C14H12Br2OP/c15-13-7-3-1-5-11(13)9-18(17)10-12-6-2-4-8-14(12)16/h1-8H,9-10H2/q+1. The van der Waals surface area contributed by atoms with E-state index in [2.05, 4.69) is 31.9 Å². The zero-order valence-corrected chi connectivity index (χ0v) is 13.7. The molecule has 0 heterocycles. The summed E-state index contributed by atoms with van der Waals surface area (Å²) in [5, 5.41) is 0. The third kappa shape index (κ3) is 3.74. The third-order valence-electron chi connectivity index (χ3n) is 2.61. The summed E-state index contributed by atoms with van der Waals surface area (Å²) in [5.41, 5.74) is 2.20. The molecule has 0 amide bonds. The molecule has 0 spiro atoms. The lowest BCUT2D eigenvalue weighted by Gasteiger charge is -1.99. The Kier molecular flexibility index (Phi) is 5.11. The molecule has 0 radical (unpaired) electrons. The van der Waals surface area contributed by atoms with Crippen LogP contribution in [0, 0.1) is 0 Å². The van der Waals surface area contributed by atoms with Crippen molar-refractivity contribution >= 4 is 39.7 Å². The minimum absolute atomic E-state index is 0.609. The van der Waals surface area contributed by atoms with Gasteiger partial charge < -0.3 is 0 Å². The van der Waals surface area contributed by atoms with Crippen LogP contribution < -0.4 is 0 Å². The van der Waals surface area contributed by atoms with Crippen molar-refractivity contribution in [2.45, 2.75) is 12.3 Å². The Balaban J connectivity index is 2.06. The number of rotatable bonds is 4. The van der Waals surface area contributed by atoms with E-state index in [-0.39, 0.29) is 0 Å². The van der Waals surface area contributed by atoms with Gasteiger partial charge in [-0.1, -0.05) is 72.8 Å². The van der Waals surface area contributed by atoms with Crippen LogP contribution in [-0.4, -0.2) is 0 Å². The first-order chi connectivity index (χ1) is 8.66. The van der Waals surface area contributed by atoms with E-state index < -0.39 is 7.80 Å². The molecule has 18 heavy (non-hydrogen) atoms. The molecule has 0 fully saturated rings. The van der Waals surface area contributed by atoms with Crippen LogP contribution in [0.4, 0.5) is 0 Å². The minimum atomic E-state index is -1.28. The number of benzene rings is 2. The largest absolute Gasteiger partial charge is 0.348 e. The van der Waals surface area contributed by atoms with E-state index in [0.29, 0.717) is 12.3 Å². The van der Waals surface area contributed by atoms with Crippen LogP contribution in [0.3, 0.4) is 0 Å². The third-order valence-corrected chi connectivity index (χ3v) is 5.54. The van der Waals surface area contributed by atoms with Crippen molar-refractivity contribution in [2.75, 3.05) is 0 Å². The Morgan fingerprint density at radius 2 is 1.17 bits per heavy atom. The van der Waals surface area contributed by atoms with Gasteiger partial charge in [-0.05, 0) is 12.1 Å². The van der Waals surface area contributed by atoms with Gasteiger partial charge >= 0.3 is 7.80 Å².